The second-order valence-electron chi connectivity index (χ2n) is 7.02. The molecule has 152 valence electrons. The molecule has 1 unspecified atom stereocenters. The number of aromatic nitrogens is 2. The third-order valence-electron chi connectivity index (χ3n) is 4.84. The Labute approximate surface area is 176 Å². The van der Waals surface area contributed by atoms with Crippen molar-refractivity contribution in [3.63, 3.8) is 0 Å². The van der Waals surface area contributed by atoms with E-state index in [1.54, 1.807) is 18.2 Å². The Hall–Kier alpha value is -1.76. The highest BCUT2D eigenvalue weighted by molar-refractivity contribution is 6.34. The molecule has 1 heterocycles. The highest BCUT2D eigenvalue weighted by atomic mass is 35.5. The molecule has 0 spiro atoms. The number of hydrogen-bond acceptors (Lipinski definition) is 3. The fourth-order valence-corrected chi connectivity index (χ4v) is 3.96. The number of rotatable bonds is 7. The van der Waals surface area contributed by atoms with Crippen molar-refractivity contribution in [3.05, 3.63) is 51.8 Å². The molecule has 8 heteroatoms. The van der Waals surface area contributed by atoms with Crippen LogP contribution < -0.4 is 10.6 Å². The lowest BCUT2D eigenvalue weighted by Crippen LogP contribution is -2.39. The van der Waals surface area contributed by atoms with Gasteiger partial charge in [-0.05, 0) is 49.6 Å². The van der Waals surface area contributed by atoms with Crippen LogP contribution in [0.3, 0.4) is 0 Å². The molecular weight excluding hydrogens is 397 g/mol. The van der Waals surface area contributed by atoms with Gasteiger partial charge in [0.1, 0.15) is 0 Å². The van der Waals surface area contributed by atoms with Crippen molar-refractivity contribution in [3.8, 4) is 0 Å². The van der Waals surface area contributed by atoms with E-state index in [4.69, 9.17) is 23.2 Å². The summed E-state index contributed by atoms with van der Waals surface area (Å²) in [6.45, 7) is 3.49. The summed E-state index contributed by atoms with van der Waals surface area (Å²) >= 11 is 12.0. The van der Waals surface area contributed by atoms with E-state index >= 15 is 0 Å². The summed E-state index contributed by atoms with van der Waals surface area (Å²) in [5, 5.41) is 22.4. The Morgan fingerprint density at radius 3 is 2.64 bits per heavy atom. The fourth-order valence-electron chi connectivity index (χ4n) is 3.41. The summed E-state index contributed by atoms with van der Waals surface area (Å²) in [7, 11) is 0. The van der Waals surface area contributed by atoms with E-state index in [0.717, 1.165) is 12.2 Å². The lowest BCUT2D eigenvalue weighted by atomic mass is 10.1. The number of nitrogens with one attached hydrogen (secondary N) is 2. The molecule has 28 heavy (non-hydrogen) atoms. The van der Waals surface area contributed by atoms with Gasteiger partial charge in [-0.1, -0.05) is 36.0 Å². The van der Waals surface area contributed by atoms with E-state index < -0.39 is 6.10 Å². The normalized spacial score (nSPS) is 16.4. The van der Waals surface area contributed by atoms with Crippen LogP contribution in [0.2, 0.25) is 10.0 Å². The number of guanidine groups is 1. The Bertz CT molecular complexity index is 781. The SMILES string of the molecule is CCNC(=NCc1ccn(C2CCCC2)n1)NCC(O)c1cc(Cl)cc(Cl)c1. The summed E-state index contributed by atoms with van der Waals surface area (Å²) in [6.07, 6.45) is 6.29. The van der Waals surface area contributed by atoms with Gasteiger partial charge < -0.3 is 15.7 Å². The minimum atomic E-state index is -0.748. The zero-order valence-electron chi connectivity index (χ0n) is 16.0. The third kappa shape index (κ3) is 5.87. The van der Waals surface area contributed by atoms with Gasteiger partial charge in [0.05, 0.1) is 24.4 Å². The molecule has 1 aliphatic carbocycles. The van der Waals surface area contributed by atoms with Gasteiger partial charge >= 0.3 is 0 Å². The van der Waals surface area contributed by atoms with E-state index in [1.165, 1.54) is 25.7 Å². The number of aliphatic hydroxyl groups excluding tert-OH is 1. The lowest BCUT2D eigenvalue weighted by Gasteiger charge is -2.16. The average Bonchev–Trinajstić information content (AvgIpc) is 3.34. The summed E-state index contributed by atoms with van der Waals surface area (Å²) in [6, 6.07) is 7.61. The first kappa shape index (κ1) is 21.0. The highest BCUT2D eigenvalue weighted by Crippen LogP contribution is 2.28. The van der Waals surface area contributed by atoms with E-state index in [2.05, 4.69) is 25.4 Å². The molecule has 3 rings (SSSR count). The van der Waals surface area contributed by atoms with Crippen LogP contribution in [0.5, 0.6) is 0 Å². The maximum absolute atomic E-state index is 10.4. The molecule has 0 amide bonds. The molecule has 1 aromatic carbocycles. The fraction of sp³-hybridized carbons (Fsp3) is 0.500. The van der Waals surface area contributed by atoms with Crippen molar-refractivity contribution >= 4 is 29.2 Å². The number of aliphatic imine (C=N–C) groups is 1. The van der Waals surface area contributed by atoms with E-state index in [0.29, 0.717) is 40.7 Å². The smallest absolute Gasteiger partial charge is 0.191 e. The topological polar surface area (TPSA) is 74.5 Å². The maximum Gasteiger partial charge on any atom is 0.191 e. The van der Waals surface area contributed by atoms with Gasteiger partial charge in [0.25, 0.3) is 0 Å². The Morgan fingerprint density at radius 1 is 1.25 bits per heavy atom. The Morgan fingerprint density at radius 2 is 1.96 bits per heavy atom. The minimum absolute atomic E-state index is 0.291. The van der Waals surface area contributed by atoms with Crippen LogP contribution in [0.15, 0.2) is 35.5 Å². The van der Waals surface area contributed by atoms with Gasteiger partial charge in [-0.3, -0.25) is 4.68 Å². The molecule has 1 saturated carbocycles. The minimum Gasteiger partial charge on any atom is -0.387 e. The number of nitrogens with zero attached hydrogens (tertiary/aromatic N) is 3. The summed E-state index contributed by atoms with van der Waals surface area (Å²) in [5.74, 6) is 0.630. The number of halogens is 2. The standard InChI is InChI=1S/C20H27Cl2N5O/c1-2-23-20(25-13-19(28)14-9-15(21)11-16(22)10-14)24-12-17-7-8-27(26-17)18-5-3-4-6-18/h7-11,18-19,28H,2-6,12-13H2,1H3,(H2,23,24,25). The Balaban J connectivity index is 1.57. The Kier molecular flexibility index (Phi) is 7.59. The van der Waals surface area contributed by atoms with Crippen LogP contribution in [0.1, 0.15) is 56.0 Å². The molecule has 0 aliphatic heterocycles. The van der Waals surface area contributed by atoms with Gasteiger partial charge in [0.15, 0.2) is 5.96 Å². The molecule has 0 saturated heterocycles. The first-order chi connectivity index (χ1) is 13.5. The molecule has 6 nitrogen and oxygen atoms in total. The van der Waals surface area contributed by atoms with Crippen LogP contribution in [-0.4, -0.2) is 33.9 Å². The van der Waals surface area contributed by atoms with Crippen molar-refractivity contribution in [2.45, 2.75) is 51.3 Å². The van der Waals surface area contributed by atoms with E-state index in [9.17, 15) is 5.11 Å². The second kappa shape index (κ2) is 10.1. The summed E-state index contributed by atoms with van der Waals surface area (Å²) < 4.78 is 2.07. The summed E-state index contributed by atoms with van der Waals surface area (Å²) in [4.78, 5) is 4.58. The average molecular weight is 424 g/mol. The molecule has 1 aliphatic rings. The van der Waals surface area contributed by atoms with Crippen LogP contribution >= 0.6 is 23.2 Å². The van der Waals surface area contributed by atoms with Gasteiger partial charge in [-0.25, -0.2) is 4.99 Å². The zero-order valence-corrected chi connectivity index (χ0v) is 17.5. The molecule has 2 aromatic rings. The zero-order chi connectivity index (χ0) is 19.9. The van der Waals surface area contributed by atoms with Crippen molar-refractivity contribution in [1.82, 2.24) is 20.4 Å². The molecule has 1 aromatic heterocycles. The lowest BCUT2D eigenvalue weighted by molar-refractivity contribution is 0.181. The first-order valence-corrected chi connectivity index (χ1v) is 10.5. The van der Waals surface area contributed by atoms with Crippen LogP contribution in [0.25, 0.3) is 0 Å². The molecule has 1 fully saturated rings. The highest BCUT2D eigenvalue weighted by Gasteiger charge is 2.17. The molecule has 0 bridgehead atoms. The van der Waals surface area contributed by atoms with Crippen LogP contribution in [0.4, 0.5) is 0 Å². The number of aliphatic hydroxyl groups is 1. The molecule has 1 atom stereocenters. The molecule has 3 N–H and O–H groups in total. The van der Waals surface area contributed by atoms with Gasteiger partial charge in [0, 0.05) is 29.3 Å². The predicted molar refractivity (Wildman–Crippen MR) is 114 cm³/mol. The maximum atomic E-state index is 10.4. The molecule has 0 radical (unpaired) electrons. The van der Waals surface area contributed by atoms with Gasteiger partial charge in [0.2, 0.25) is 0 Å². The van der Waals surface area contributed by atoms with Gasteiger partial charge in [-0.2, -0.15) is 5.10 Å². The van der Waals surface area contributed by atoms with Crippen LogP contribution in [-0.2, 0) is 6.54 Å². The predicted octanol–water partition coefficient (Wildman–Crippen LogP) is 4.09. The van der Waals surface area contributed by atoms with Crippen molar-refractivity contribution < 1.29 is 5.11 Å². The third-order valence-corrected chi connectivity index (χ3v) is 5.27. The van der Waals surface area contributed by atoms with Crippen molar-refractivity contribution in [2.24, 2.45) is 4.99 Å². The van der Waals surface area contributed by atoms with E-state index in [1.807, 2.05) is 19.2 Å². The first-order valence-electron chi connectivity index (χ1n) is 9.75. The van der Waals surface area contributed by atoms with Crippen molar-refractivity contribution in [2.75, 3.05) is 13.1 Å². The largest absolute Gasteiger partial charge is 0.387 e. The summed E-state index contributed by atoms with van der Waals surface area (Å²) in [5.41, 5.74) is 1.60. The molecular formula is C20H27Cl2N5O. The number of benzene rings is 1. The second-order valence-corrected chi connectivity index (χ2v) is 7.89. The quantitative estimate of drug-likeness (QED) is 0.462. The van der Waals surface area contributed by atoms with Crippen LogP contribution in [0, 0.1) is 0 Å². The van der Waals surface area contributed by atoms with Gasteiger partial charge in [-0.15, -0.1) is 0 Å². The van der Waals surface area contributed by atoms with E-state index in [-0.39, 0.29) is 0 Å². The van der Waals surface area contributed by atoms with Crippen molar-refractivity contribution in [1.29, 1.82) is 0 Å². The number of hydrogen-bond donors (Lipinski definition) is 3. The monoisotopic (exact) mass is 423 g/mol.